The first kappa shape index (κ1) is 30.2. The number of amides is 1. The van der Waals surface area contributed by atoms with Crippen molar-refractivity contribution >= 4 is 19.5 Å². The number of morpholine rings is 1. The van der Waals surface area contributed by atoms with E-state index in [1.165, 1.54) is 12.1 Å². The Morgan fingerprint density at radius 2 is 1.69 bits per heavy atom. The van der Waals surface area contributed by atoms with Crippen LogP contribution in [-0.2, 0) is 38.9 Å². The maximum atomic E-state index is 13.4. The Morgan fingerprint density at radius 1 is 1.11 bits per heavy atom. The SMILES string of the molecule is CCOP(=O)(OCC)C(CC(=O)NC(C)c1ccc(C(F)(F)F)cc1)C(=O)OCCN1CCOCC1. The quantitative estimate of drug-likeness (QED) is 0.299. The number of ether oxygens (including phenoxy) is 2. The predicted molar refractivity (Wildman–Crippen MR) is 125 cm³/mol. The summed E-state index contributed by atoms with van der Waals surface area (Å²) >= 11 is 0. The van der Waals surface area contributed by atoms with E-state index in [9.17, 15) is 27.3 Å². The Morgan fingerprint density at radius 3 is 2.22 bits per heavy atom. The van der Waals surface area contributed by atoms with E-state index in [0.717, 1.165) is 12.1 Å². The summed E-state index contributed by atoms with van der Waals surface area (Å²) in [5.41, 5.74) is -1.88. The van der Waals surface area contributed by atoms with Gasteiger partial charge in [0.05, 0.1) is 44.5 Å². The molecule has 1 N–H and O–H groups in total. The third-order valence-corrected chi connectivity index (χ3v) is 7.91. The van der Waals surface area contributed by atoms with E-state index >= 15 is 0 Å². The van der Waals surface area contributed by atoms with E-state index in [1.54, 1.807) is 20.8 Å². The van der Waals surface area contributed by atoms with Gasteiger partial charge in [-0.15, -0.1) is 0 Å². The highest BCUT2D eigenvalue weighted by atomic mass is 31.2. The van der Waals surface area contributed by atoms with E-state index in [1.807, 2.05) is 0 Å². The number of benzene rings is 1. The van der Waals surface area contributed by atoms with Crippen molar-refractivity contribution in [3.63, 3.8) is 0 Å². The zero-order valence-corrected chi connectivity index (χ0v) is 21.6. The van der Waals surface area contributed by atoms with Gasteiger partial charge in [0.2, 0.25) is 5.91 Å². The summed E-state index contributed by atoms with van der Waals surface area (Å²) in [5, 5.41) is 2.62. The van der Waals surface area contributed by atoms with Gasteiger partial charge in [0.25, 0.3) is 0 Å². The van der Waals surface area contributed by atoms with Gasteiger partial charge in [0.15, 0.2) is 5.66 Å². The lowest BCUT2D eigenvalue weighted by Gasteiger charge is -2.27. The average Bonchev–Trinajstić information content (AvgIpc) is 2.83. The molecule has 204 valence electrons. The lowest BCUT2D eigenvalue weighted by Crippen LogP contribution is -2.39. The zero-order valence-electron chi connectivity index (χ0n) is 20.7. The smallest absolute Gasteiger partial charge is 0.416 e. The molecule has 0 aromatic heterocycles. The molecule has 1 saturated heterocycles. The van der Waals surface area contributed by atoms with Gasteiger partial charge in [-0.3, -0.25) is 19.1 Å². The fraction of sp³-hybridized carbons (Fsp3) is 0.652. The highest BCUT2D eigenvalue weighted by molar-refractivity contribution is 7.55. The van der Waals surface area contributed by atoms with Gasteiger partial charge in [-0.1, -0.05) is 12.1 Å². The van der Waals surface area contributed by atoms with Crippen LogP contribution in [0.15, 0.2) is 24.3 Å². The number of alkyl halides is 3. The summed E-state index contributed by atoms with van der Waals surface area (Å²) in [5.74, 6) is -1.54. The Labute approximate surface area is 209 Å². The third kappa shape index (κ3) is 9.15. The van der Waals surface area contributed by atoms with Gasteiger partial charge in [-0.25, -0.2) is 0 Å². The fourth-order valence-electron chi connectivity index (χ4n) is 3.62. The molecule has 2 unspecified atom stereocenters. The maximum absolute atomic E-state index is 13.4. The van der Waals surface area contributed by atoms with Crippen molar-refractivity contribution in [1.82, 2.24) is 10.2 Å². The average molecular weight is 539 g/mol. The van der Waals surface area contributed by atoms with Gasteiger partial charge in [0, 0.05) is 19.6 Å². The summed E-state index contributed by atoms with van der Waals surface area (Å²) in [6.07, 6.45) is -5.02. The molecule has 1 aromatic rings. The molecule has 1 aliphatic heterocycles. The summed E-state index contributed by atoms with van der Waals surface area (Å²) in [4.78, 5) is 27.8. The standard InChI is InChI=1S/C23H34F3N2O7P/c1-4-34-36(31,35-5-2)20(22(30)33-15-12-28-10-13-32-14-11-28)16-21(29)27-17(3)18-6-8-19(9-7-18)23(24,25)26/h6-9,17,20H,4-5,10-16H2,1-3H3,(H,27,29). The number of rotatable bonds is 13. The van der Waals surface area contributed by atoms with Crippen LogP contribution in [0.2, 0.25) is 0 Å². The highest BCUT2D eigenvalue weighted by Crippen LogP contribution is 2.54. The molecular weight excluding hydrogens is 504 g/mol. The van der Waals surface area contributed by atoms with Gasteiger partial charge in [0.1, 0.15) is 6.61 Å². The minimum Gasteiger partial charge on any atom is -0.464 e. The number of nitrogens with zero attached hydrogens (tertiary/aromatic N) is 1. The van der Waals surface area contributed by atoms with Crippen molar-refractivity contribution in [2.24, 2.45) is 0 Å². The van der Waals surface area contributed by atoms with E-state index in [0.29, 0.717) is 38.4 Å². The van der Waals surface area contributed by atoms with E-state index in [2.05, 4.69) is 10.2 Å². The van der Waals surface area contributed by atoms with Crippen molar-refractivity contribution < 1.29 is 45.8 Å². The van der Waals surface area contributed by atoms with Crippen molar-refractivity contribution in [2.75, 3.05) is 52.7 Å². The summed E-state index contributed by atoms with van der Waals surface area (Å²) in [6.45, 7) is 7.75. The second-order valence-electron chi connectivity index (χ2n) is 8.13. The topological polar surface area (TPSA) is 103 Å². The van der Waals surface area contributed by atoms with Crippen molar-refractivity contribution in [2.45, 2.75) is 45.1 Å². The molecule has 1 amide bonds. The molecule has 1 aromatic carbocycles. The normalized spacial score (nSPS) is 16.8. The zero-order chi connectivity index (χ0) is 26.8. The first-order valence-electron chi connectivity index (χ1n) is 11.8. The van der Waals surface area contributed by atoms with Gasteiger partial charge >= 0.3 is 19.7 Å². The molecule has 9 nitrogen and oxygen atoms in total. The molecular formula is C23H34F3N2O7P. The van der Waals surface area contributed by atoms with Crippen LogP contribution in [0.25, 0.3) is 0 Å². The highest BCUT2D eigenvalue weighted by Gasteiger charge is 2.44. The van der Waals surface area contributed by atoms with Crippen LogP contribution in [0.1, 0.15) is 44.4 Å². The maximum Gasteiger partial charge on any atom is 0.416 e. The molecule has 2 rings (SSSR count). The van der Waals surface area contributed by atoms with E-state index in [4.69, 9.17) is 18.5 Å². The summed E-state index contributed by atoms with van der Waals surface area (Å²) in [6, 6.07) is 3.69. The molecule has 1 fully saturated rings. The molecule has 2 atom stereocenters. The number of carbonyl (C=O) groups excluding carboxylic acids is 2. The fourth-order valence-corrected chi connectivity index (χ4v) is 5.49. The summed E-state index contributed by atoms with van der Waals surface area (Å²) in [7, 11) is -4.05. The largest absolute Gasteiger partial charge is 0.464 e. The Hall–Kier alpha value is -1.98. The third-order valence-electron chi connectivity index (χ3n) is 5.52. The molecule has 0 saturated carbocycles. The number of halogens is 3. The number of esters is 1. The molecule has 0 radical (unpaired) electrons. The van der Waals surface area contributed by atoms with Gasteiger partial charge in [-0.05, 0) is 38.5 Å². The number of hydrogen-bond acceptors (Lipinski definition) is 8. The van der Waals surface area contributed by atoms with Crippen LogP contribution in [0, 0.1) is 0 Å². The first-order chi connectivity index (χ1) is 17.0. The molecule has 1 heterocycles. The second kappa shape index (κ2) is 14.1. The summed E-state index contributed by atoms with van der Waals surface area (Å²) < 4.78 is 73.0. The number of nitrogens with one attached hydrogen (secondary N) is 1. The molecule has 1 aliphatic rings. The van der Waals surface area contributed by atoms with E-state index in [-0.39, 0.29) is 19.8 Å². The van der Waals surface area contributed by atoms with Gasteiger partial charge in [-0.2, -0.15) is 13.2 Å². The van der Waals surface area contributed by atoms with Crippen molar-refractivity contribution in [3.8, 4) is 0 Å². The van der Waals surface area contributed by atoms with Crippen molar-refractivity contribution in [1.29, 1.82) is 0 Å². The number of carbonyl (C=O) groups is 2. The lowest BCUT2D eigenvalue weighted by atomic mass is 10.1. The van der Waals surface area contributed by atoms with Crippen LogP contribution >= 0.6 is 7.60 Å². The van der Waals surface area contributed by atoms with Crippen LogP contribution in [0.3, 0.4) is 0 Å². The lowest BCUT2D eigenvalue weighted by molar-refractivity contribution is -0.145. The molecule has 0 bridgehead atoms. The minimum atomic E-state index is -4.47. The molecule has 13 heteroatoms. The Bertz CT molecular complexity index is 883. The second-order valence-corrected chi connectivity index (χ2v) is 10.3. The molecule has 0 spiro atoms. The molecule has 0 aliphatic carbocycles. The Kier molecular flexibility index (Phi) is 11.8. The van der Waals surface area contributed by atoms with Crippen LogP contribution in [-0.4, -0.2) is 75.1 Å². The van der Waals surface area contributed by atoms with E-state index < -0.39 is 49.3 Å². The first-order valence-corrected chi connectivity index (χ1v) is 13.4. The van der Waals surface area contributed by atoms with Crippen molar-refractivity contribution in [3.05, 3.63) is 35.4 Å². The van der Waals surface area contributed by atoms with Crippen LogP contribution < -0.4 is 5.32 Å². The minimum absolute atomic E-state index is 0.0155. The number of hydrogen-bond donors (Lipinski definition) is 1. The monoisotopic (exact) mass is 538 g/mol. The van der Waals surface area contributed by atoms with Crippen LogP contribution in [0.4, 0.5) is 13.2 Å². The Balaban J connectivity index is 2.07. The predicted octanol–water partition coefficient (Wildman–Crippen LogP) is 3.78. The molecule has 36 heavy (non-hydrogen) atoms. The van der Waals surface area contributed by atoms with Crippen LogP contribution in [0.5, 0.6) is 0 Å². The van der Waals surface area contributed by atoms with Gasteiger partial charge < -0.3 is 23.8 Å².